The Morgan fingerprint density at radius 3 is 1.62 bits per heavy atom. The fourth-order valence-corrected chi connectivity index (χ4v) is 8.92. The van der Waals surface area contributed by atoms with E-state index < -0.39 is 0 Å². The normalized spacial score (nSPS) is 12.4. The molecule has 0 aliphatic rings. The molecule has 0 atom stereocenters. The first-order valence-electron chi connectivity index (χ1n) is 16.5. The van der Waals surface area contributed by atoms with E-state index in [0.717, 1.165) is 0 Å². The molecule has 0 unspecified atom stereocenters. The Morgan fingerprint density at radius 1 is 0.277 bits per heavy atom. The van der Waals surface area contributed by atoms with Gasteiger partial charge in [-0.05, 0) is 127 Å². The average molecular weight is 593 g/mol. The van der Waals surface area contributed by atoms with E-state index in [1.165, 1.54) is 114 Å². The summed E-state index contributed by atoms with van der Waals surface area (Å²) in [7, 11) is 0. The van der Waals surface area contributed by atoms with E-state index >= 15 is 0 Å². The summed E-state index contributed by atoms with van der Waals surface area (Å²) in [5, 5.41) is 21.4. The van der Waals surface area contributed by atoms with Crippen molar-refractivity contribution in [1.29, 1.82) is 0 Å². The molecule has 0 aliphatic carbocycles. The van der Waals surface area contributed by atoms with E-state index in [2.05, 4.69) is 159 Å². The monoisotopic (exact) mass is 592 g/mol. The van der Waals surface area contributed by atoms with E-state index in [1.54, 1.807) is 0 Å². The molecule has 11 aromatic rings. The van der Waals surface area contributed by atoms with Gasteiger partial charge in [-0.1, -0.05) is 145 Å². The van der Waals surface area contributed by atoms with Crippen molar-refractivity contribution in [2.45, 2.75) is 6.92 Å². The van der Waals surface area contributed by atoms with Crippen LogP contribution in [0.4, 0.5) is 0 Å². The second-order valence-electron chi connectivity index (χ2n) is 13.2. The molecule has 0 heterocycles. The molecule has 0 aliphatic heterocycles. The van der Waals surface area contributed by atoms with E-state index in [9.17, 15) is 0 Å². The molecule has 47 heavy (non-hydrogen) atoms. The molecule has 0 amide bonds. The Bertz CT molecular complexity index is 3040. The van der Waals surface area contributed by atoms with E-state index in [-0.39, 0.29) is 0 Å². The Balaban J connectivity index is 1.53. The highest BCUT2D eigenvalue weighted by molar-refractivity contribution is 6.46. The third-order valence-electron chi connectivity index (χ3n) is 10.7. The van der Waals surface area contributed by atoms with Crippen LogP contribution in [0.2, 0.25) is 0 Å². The summed E-state index contributed by atoms with van der Waals surface area (Å²) in [4.78, 5) is 0. The van der Waals surface area contributed by atoms with Gasteiger partial charge >= 0.3 is 0 Å². The smallest absolute Gasteiger partial charge is 0.000697 e. The molecular formula is C47H28. The highest BCUT2D eigenvalue weighted by Gasteiger charge is 2.26. The van der Waals surface area contributed by atoms with Crippen LogP contribution in [-0.4, -0.2) is 0 Å². The van der Waals surface area contributed by atoms with Gasteiger partial charge in [-0.2, -0.15) is 0 Å². The van der Waals surface area contributed by atoms with Gasteiger partial charge in [0.05, 0.1) is 0 Å². The van der Waals surface area contributed by atoms with Crippen molar-refractivity contribution in [3.63, 3.8) is 0 Å². The number of aryl methyl sites for hydroxylation is 1. The molecule has 0 saturated carbocycles. The van der Waals surface area contributed by atoms with Crippen molar-refractivity contribution in [3.8, 4) is 22.3 Å². The molecule has 0 saturated heterocycles. The Hall–Kier alpha value is -5.98. The minimum Gasteiger partial charge on any atom is -0.0622 e. The molecule has 11 aromatic carbocycles. The van der Waals surface area contributed by atoms with Crippen LogP contribution in [0.3, 0.4) is 0 Å². The molecule has 0 spiro atoms. The van der Waals surface area contributed by atoms with Crippen LogP contribution in [-0.2, 0) is 0 Å². The molecule has 216 valence electrons. The van der Waals surface area contributed by atoms with Crippen molar-refractivity contribution in [2.24, 2.45) is 0 Å². The van der Waals surface area contributed by atoms with Gasteiger partial charge in [0, 0.05) is 0 Å². The lowest BCUT2D eigenvalue weighted by molar-refractivity contribution is 1.52. The lowest BCUT2D eigenvalue weighted by atomic mass is 9.84. The maximum Gasteiger partial charge on any atom is -0.000697 e. The summed E-state index contributed by atoms with van der Waals surface area (Å²) < 4.78 is 0. The van der Waals surface area contributed by atoms with Gasteiger partial charge in [-0.15, -0.1) is 0 Å². The molecule has 0 bridgehead atoms. The predicted octanol–water partition coefficient (Wildman–Crippen LogP) is 13.4. The topological polar surface area (TPSA) is 0 Å². The highest BCUT2D eigenvalue weighted by atomic mass is 14.3. The zero-order valence-corrected chi connectivity index (χ0v) is 25.9. The first kappa shape index (κ1) is 25.2. The minimum atomic E-state index is 1.26. The highest BCUT2D eigenvalue weighted by Crippen LogP contribution is 2.55. The molecule has 0 heteroatoms. The SMILES string of the molecule is Cc1ccc2c(c1)c1cccc3c4c(-c5ccccc5)c5c6cc7ccccc7c7cccc(c5c(-c5ccccc5)c4cc2c13)c76. The van der Waals surface area contributed by atoms with Crippen LogP contribution < -0.4 is 0 Å². The van der Waals surface area contributed by atoms with Crippen molar-refractivity contribution in [2.75, 3.05) is 0 Å². The lowest BCUT2D eigenvalue weighted by Crippen LogP contribution is -1.91. The van der Waals surface area contributed by atoms with Crippen LogP contribution in [0.25, 0.3) is 108 Å². The zero-order valence-electron chi connectivity index (χ0n) is 25.9. The summed E-state index contributed by atoms with van der Waals surface area (Å²) >= 11 is 0. The van der Waals surface area contributed by atoms with Gasteiger partial charge in [0.1, 0.15) is 0 Å². The Morgan fingerprint density at radius 2 is 0.851 bits per heavy atom. The number of rotatable bonds is 2. The molecule has 0 nitrogen and oxygen atoms in total. The number of fused-ring (bicyclic) bond motifs is 10. The summed E-state index contributed by atoms with van der Waals surface area (Å²) in [6, 6.07) is 56.9. The molecule has 0 N–H and O–H groups in total. The Kier molecular flexibility index (Phi) is 4.86. The summed E-state index contributed by atoms with van der Waals surface area (Å²) in [6.45, 7) is 2.20. The number of hydrogen-bond donors (Lipinski definition) is 0. The Labute approximate surface area is 271 Å². The molecular weight excluding hydrogens is 565 g/mol. The first-order valence-corrected chi connectivity index (χ1v) is 16.5. The van der Waals surface area contributed by atoms with Crippen LogP contribution >= 0.6 is 0 Å². The van der Waals surface area contributed by atoms with Gasteiger partial charge in [0.25, 0.3) is 0 Å². The maximum atomic E-state index is 2.52. The maximum absolute atomic E-state index is 2.52. The molecule has 0 radical (unpaired) electrons. The largest absolute Gasteiger partial charge is 0.0622 e. The van der Waals surface area contributed by atoms with E-state index in [4.69, 9.17) is 0 Å². The number of benzene rings is 9. The standard InChI is InChI=1S/C47H28/c1-27-22-23-32-37(24-27)34-19-11-20-35-43(34)38(32)26-40-41(28-12-4-2-5-13-28)46-36-21-10-18-33-31-17-9-8-16-30(31)25-39(44(33)36)47(46)42(45(35)40)29-14-6-3-7-15-29/h2-26H,1H3. The first-order chi connectivity index (χ1) is 23.3. The van der Waals surface area contributed by atoms with Gasteiger partial charge < -0.3 is 0 Å². The minimum absolute atomic E-state index is 1.26. The molecule has 11 rings (SSSR count). The van der Waals surface area contributed by atoms with Gasteiger partial charge in [-0.25, -0.2) is 0 Å². The number of hydrogen-bond acceptors (Lipinski definition) is 0. The summed E-state index contributed by atoms with van der Waals surface area (Å²) in [5.74, 6) is 0. The van der Waals surface area contributed by atoms with Gasteiger partial charge in [0.15, 0.2) is 0 Å². The summed E-state index contributed by atoms with van der Waals surface area (Å²) in [6.07, 6.45) is 0. The van der Waals surface area contributed by atoms with Crippen molar-refractivity contribution in [3.05, 3.63) is 157 Å². The van der Waals surface area contributed by atoms with Crippen molar-refractivity contribution < 1.29 is 0 Å². The third-order valence-corrected chi connectivity index (χ3v) is 10.7. The average Bonchev–Trinajstić information content (AvgIpc) is 3.61. The quantitative estimate of drug-likeness (QED) is 0.175. The van der Waals surface area contributed by atoms with Crippen LogP contribution in [0.5, 0.6) is 0 Å². The summed E-state index contributed by atoms with van der Waals surface area (Å²) in [5.41, 5.74) is 6.47. The van der Waals surface area contributed by atoms with E-state index in [1.807, 2.05) is 0 Å². The van der Waals surface area contributed by atoms with Crippen molar-refractivity contribution in [1.82, 2.24) is 0 Å². The van der Waals surface area contributed by atoms with Crippen LogP contribution in [0, 0.1) is 6.92 Å². The third kappa shape index (κ3) is 3.22. The molecule has 0 aromatic heterocycles. The second-order valence-corrected chi connectivity index (χ2v) is 13.2. The zero-order chi connectivity index (χ0) is 30.8. The van der Waals surface area contributed by atoms with Gasteiger partial charge in [0.2, 0.25) is 0 Å². The van der Waals surface area contributed by atoms with Crippen LogP contribution in [0.15, 0.2) is 152 Å². The van der Waals surface area contributed by atoms with Gasteiger partial charge in [-0.3, -0.25) is 0 Å². The molecule has 0 fully saturated rings. The van der Waals surface area contributed by atoms with Crippen LogP contribution in [0.1, 0.15) is 5.56 Å². The second kappa shape index (κ2) is 9.06. The lowest BCUT2D eigenvalue weighted by Gasteiger charge is -2.19. The fraction of sp³-hybridized carbons (Fsp3) is 0.0213. The van der Waals surface area contributed by atoms with E-state index in [0.29, 0.717) is 0 Å². The fourth-order valence-electron chi connectivity index (χ4n) is 8.92. The predicted molar refractivity (Wildman–Crippen MR) is 204 cm³/mol. The van der Waals surface area contributed by atoms with Crippen molar-refractivity contribution >= 4 is 86.2 Å².